The third kappa shape index (κ3) is 5.44. The summed E-state index contributed by atoms with van der Waals surface area (Å²) in [5.41, 5.74) is 3.34. The molecule has 11 heteroatoms. The molecule has 0 spiro atoms. The van der Waals surface area contributed by atoms with Crippen LogP contribution in [0, 0.1) is 19.7 Å². The molecule has 0 saturated carbocycles. The van der Waals surface area contributed by atoms with Crippen LogP contribution in [-0.4, -0.2) is 42.3 Å². The minimum Gasteiger partial charge on any atom is -0.352 e. The second-order valence-corrected chi connectivity index (χ2v) is 10.5. The number of anilines is 2. The number of nitrogens with one attached hydrogen (secondary N) is 1. The number of carbonyl (C=O) groups excluding carboxylic acids is 1. The van der Waals surface area contributed by atoms with Gasteiger partial charge in [0.05, 0.1) is 22.6 Å². The summed E-state index contributed by atoms with van der Waals surface area (Å²) in [6.45, 7) is 4.58. The maximum Gasteiger partial charge on any atom is 0.257 e. The number of benzene rings is 1. The second kappa shape index (κ2) is 9.88. The van der Waals surface area contributed by atoms with Crippen molar-refractivity contribution in [1.29, 1.82) is 0 Å². The van der Waals surface area contributed by atoms with E-state index in [1.54, 1.807) is 30.2 Å². The molecule has 3 aromatic rings. The van der Waals surface area contributed by atoms with Gasteiger partial charge in [-0.2, -0.15) is 0 Å². The number of likely N-dealkylation sites (tertiary alicyclic amines) is 1. The third-order valence-electron chi connectivity index (χ3n) is 6.09. The number of carbonyl (C=O) groups is 1. The molecule has 1 amide bonds. The third-order valence-corrected chi connectivity index (χ3v) is 7.42. The van der Waals surface area contributed by atoms with Crippen LogP contribution in [0.3, 0.4) is 0 Å². The van der Waals surface area contributed by atoms with E-state index in [1.165, 1.54) is 18.3 Å². The summed E-state index contributed by atoms with van der Waals surface area (Å²) in [7, 11) is -4.23. The Labute approximate surface area is 208 Å². The lowest BCUT2D eigenvalue weighted by atomic mass is 9.89. The highest BCUT2D eigenvalue weighted by Crippen LogP contribution is 2.36. The number of pyridine rings is 2. The highest BCUT2D eigenvalue weighted by atomic mass is 35.5. The Bertz CT molecular complexity index is 1370. The van der Waals surface area contributed by atoms with Crippen molar-refractivity contribution >= 4 is 38.9 Å². The maximum absolute atomic E-state index is 13.5. The summed E-state index contributed by atoms with van der Waals surface area (Å²) < 4.78 is 37.3. The van der Waals surface area contributed by atoms with E-state index in [0.717, 1.165) is 11.1 Å². The highest BCUT2D eigenvalue weighted by Gasteiger charge is 2.29. The fourth-order valence-corrected chi connectivity index (χ4v) is 5.24. The Balaban J connectivity index is 1.64. The number of hydrogen-bond acceptors (Lipinski definition) is 6. The zero-order valence-electron chi connectivity index (χ0n) is 19.3. The molecule has 1 aromatic carbocycles. The number of hydrogen-bond donors (Lipinski definition) is 2. The minimum absolute atomic E-state index is 0.104. The molecule has 3 N–H and O–H groups in total. The first-order valence-corrected chi connectivity index (χ1v) is 12.9. The van der Waals surface area contributed by atoms with Crippen LogP contribution < -0.4 is 10.5 Å². The molecule has 4 rings (SSSR count). The van der Waals surface area contributed by atoms with Gasteiger partial charge in [0.1, 0.15) is 10.8 Å². The van der Waals surface area contributed by atoms with E-state index < -0.39 is 15.0 Å². The van der Waals surface area contributed by atoms with Crippen LogP contribution >= 0.6 is 11.6 Å². The van der Waals surface area contributed by atoms with Gasteiger partial charge in [0.2, 0.25) is 0 Å². The van der Waals surface area contributed by atoms with Crippen LogP contribution in [0.4, 0.5) is 15.8 Å². The normalized spacial score (nSPS) is 14.7. The summed E-state index contributed by atoms with van der Waals surface area (Å²) in [5, 5.41) is 7.59. The fraction of sp³-hybridized carbons (Fsp3) is 0.292. The van der Waals surface area contributed by atoms with Crippen molar-refractivity contribution in [2.45, 2.75) is 37.6 Å². The molecule has 35 heavy (non-hydrogen) atoms. The van der Waals surface area contributed by atoms with Crippen LogP contribution in [0.15, 0.2) is 47.8 Å². The highest BCUT2D eigenvalue weighted by molar-refractivity contribution is 7.89. The molecule has 0 aliphatic carbocycles. The van der Waals surface area contributed by atoms with E-state index in [9.17, 15) is 17.6 Å². The van der Waals surface area contributed by atoms with Gasteiger partial charge in [-0.05, 0) is 61.9 Å². The maximum atomic E-state index is 13.5. The molecule has 1 fully saturated rings. The fourth-order valence-electron chi connectivity index (χ4n) is 4.17. The summed E-state index contributed by atoms with van der Waals surface area (Å²) in [5.74, 6) is -0.406. The van der Waals surface area contributed by atoms with E-state index in [4.69, 9.17) is 16.7 Å². The van der Waals surface area contributed by atoms with E-state index >= 15 is 0 Å². The molecule has 184 valence electrons. The Morgan fingerprint density at radius 1 is 1.14 bits per heavy atom. The first-order chi connectivity index (χ1) is 16.5. The summed E-state index contributed by atoms with van der Waals surface area (Å²) in [6, 6.07) is 8.24. The number of aromatic nitrogens is 2. The van der Waals surface area contributed by atoms with Crippen molar-refractivity contribution in [3.05, 3.63) is 75.9 Å². The SMILES string of the molecule is Cc1cnc(C)c(Nc2c(C(=O)N3CCC(c4ccc(F)cc4)CC3)cnc(S(N)(=O)=O)c2Cl)c1. The van der Waals surface area contributed by atoms with Gasteiger partial charge >= 0.3 is 0 Å². The van der Waals surface area contributed by atoms with Gasteiger partial charge in [-0.25, -0.2) is 22.9 Å². The van der Waals surface area contributed by atoms with Crippen molar-refractivity contribution < 1.29 is 17.6 Å². The van der Waals surface area contributed by atoms with E-state index in [0.29, 0.717) is 37.3 Å². The minimum atomic E-state index is -4.23. The summed E-state index contributed by atoms with van der Waals surface area (Å²) in [6.07, 6.45) is 4.29. The van der Waals surface area contributed by atoms with E-state index in [-0.39, 0.29) is 33.9 Å². The molecule has 3 heterocycles. The zero-order chi connectivity index (χ0) is 25.3. The van der Waals surface area contributed by atoms with Gasteiger partial charge in [0, 0.05) is 25.5 Å². The number of sulfonamides is 1. The van der Waals surface area contributed by atoms with Crippen LogP contribution in [0.2, 0.25) is 5.02 Å². The monoisotopic (exact) mass is 517 g/mol. The predicted octanol–water partition coefficient (Wildman–Crippen LogP) is 4.30. The first-order valence-electron chi connectivity index (χ1n) is 11.0. The molecule has 1 aliphatic rings. The first kappa shape index (κ1) is 25.0. The topological polar surface area (TPSA) is 118 Å². The lowest BCUT2D eigenvalue weighted by Gasteiger charge is -2.33. The van der Waals surface area contributed by atoms with Gasteiger partial charge in [0.15, 0.2) is 5.03 Å². The molecule has 2 aromatic heterocycles. The van der Waals surface area contributed by atoms with Crippen molar-refractivity contribution in [3.8, 4) is 0 Å². The Morgan fingerprint density at radius 3 is 2.43 bits per heavy atom. The number of halogens is 2. The zero-order valence-corrected chi connectivity index (χ0v) is 20.8. The van der Waals surface area contributed by atoms with Gasteiger partial charge in [-0.15, -0.1) is 0 Å². The predicted molar refractivity (Wildman–Crippen MR) is 132 cm³/mol. The number of piperidine rings is 1. The van der Waals surface area contributed by atoms with Crippen molar-refractivity contribution in [3.63, 3.8) is 0 Å². The van der Waals surface area contributed by atoms with Crippen LogP contribution in [0.1, 0.15) is 45.9 Å². The average Bonchev–Trinajstić information content (AvgIpc) is 2.82. The van der Waals surface area contributed by atoms with Crippen LogP contribution in [0.5, 0.6) is 0 Å². The number of rotatable bonds is 5. The van der Waals surface area contributed by atoms with Crippen LogP contribution in [-0.2, 0) is 10.0 Å². The second-order valence-electron chi connectivity index (χ2n) is 8.60. The largest absolute Gasteiger partial charge is 0.352 e. The number of nitrogens with two attached hydrogens (primary N) is 1. The average molecular weight is 518 g/mol. The van der Waals surface area contributed by atoms with Gasteiger partial charge in [0.25, 0.3) is 15.9 Å². The molecule has 0 atom stereocenters. The van der Waals surface area contributed by atoms with Gasteiger partial charge in [-0.1, -0.05) is 23.7 Å². The number of nitrogens with zero attached hydrogens (tertiary/aromatic N) is 3. The molecular weight excluding hydrogens is 493 g/mol. The molecule has 0 radical (unpaired) electrons. The van der Waals surface area contributed by atoms with Gasteiger partial charge < -0.3 is 10.2 Å². The Hall–Kier alpha value is -3.08. The molecule has 0 unspecified atom stereocenters. The lowest BCUT2D eigenvalue weighted by molar-refractivity contribution is 0.0713. The lowest BCUT2D eigenvalue weighted by Crippen LogP contribution is -2.38. The molecule has 0 bridgehead atoms. The van der Waals surface area contributed by atoms with Gasteiger partial charge in [-0.3, -0.25) is 9.78 Å². The Kier molecular flexibility index (Phi) is 7.07. The number of aryl methyl sites for hydroxylation is 2. The molecule has 1 aliphatic heterocycles. The number of primary sulfonamides is 1. The standard InChI is InChI=1S/C24H25ClFN5O3S/c1-14-11-20(15(2)28-12-14)30-22-19(13-29-23(21(22)25)35(27,33)34)24(32)31-9-7-17(8-10-31)16-3-5-18(26)6-4-16/h3-6,11-13,17H,7-10H2,1-2H3,(H,29,30)(H2,27,33,34). The van der Waals surface area contributed by atoms with Crippen molar-refractivity contribution in [1.82, 2.24) is 14.9 Å². The molecule has 8 nitrogen and oxygen atoms in total. The summed E-state index contributed by atoms with van der Waals surface area (Å²) in [4.78, 5) is 23.4. The summed E-state index contributed by atoms with van der Waals surface area (Å²) >= 11 is 6.43. The van der Waals surface area contributed by atoms with Crippen molar-refractivity contribution in [2.24, 2.45) is 5.14 Å². The Morgan fingerprint density at radius 2 is 1.80 bits per heavy atom. The smallest absolute Gasteiger partial charge is 0.257 e. The van der Waals surface area contributed by atoms with Crippen LogP contribution in [0.25, 0.3) is 0 Å². The molecule has 1 saturated heterocycles. The van der Waals surface area contributed by atoms with E-state index in [2.05, 4.69) is 15.3 Å². The van der Waals surface area contributed by atoms with Crippen molar-refractivity contribution in [2.75, 3.05) is 18.4 Å². The quantitative estimate of drug-likeness (QED) is 0.521. The van der Waals surface area contributed by atoms with E-state index in [1.807, 2.05) is 13.0 Å². The number of amides is 1. The molecular formula is C24H25ClFN5O3S.